The van der Waals surface area contributed by atoms with Crippen molar-refractivity contribution in [3.63, 3.8) is 0 Å². The largest absolute Gasteiger partial charge is 0.494 e. The van der Waals surface area contributed by atoms with Gasteiger partial charge in [0.2, 0.25) is 11.8 Å². The molecule has 2 aliphatic heterocycles. The van der Waals surface area contributed by atoms with Crippen molar-refractivity contribution in [2.24, 2.45) is 0 Å². The van der Waals surface area contributed by atoms with Crippen molar-refractivity contribution in [1.29, 1.82) is 0 Å². The van der Waals surface area contributed by atoms with Gasteiger partial charge in [-0.25, -0.2) is 0 Å². The van der Waals surface area contributed by atoms with Crippen LogP contribution in [-0.2, 0) is 9.59 Å². The molecule has 1 fully saturated rings. The molecule has 156 valence electrons. The van der Waals surface area contributed by atoms with E-state index >= 15 is 0 Å². The molecular formula is C23H25N3O4. The first-order valence-electron chi connectivity index (χ1n) is 10.2. The molecule has 0 aliphatic carbocycles. The maximum absolute atomic E-state index is 13.1. The third-order valence-corrected chi connectivity index (χ3v) is 5.70. The standard InChI is InChI=1S/C23H25N3O4/c1-23-13-12-21(28)26(23)19-11-6-5-10-18(19)22(29)25(23)16-20(27)24-14-7-15-30-17-8-3-2-4-9-17/h2-6,8-11H,7,12-16H2,1H3,(H,24,27). The maximum atomic E-state index is 13.1. The molecule has 1 saturated heterocycles. The lowest BCUT2D eigenvalue weighted by molar-refractivity contribution is -0.124. The monoisotopic (exact) mass is 407 g/mol. The SMILES string of the molecule is CC12CCC(=O)N1c1ccccc1C(=O)N2CC(=O)NCCCOc1ccccc1. The Hall–Kier alpha value is -3.35. The van der Waals surface area contributed by atoms with Crippen LogP contribution >= 0.6 is 0 Å². The van der Waals surface area contributed by atoms with Crippen LogP contribution in [0.25, 0.3) is 0 Å². The number of para-hydroxylation sites is 2. The van der Waals surface area contributed by atoms with Crippen molar-refractivity contribution in [1.82, 2.24) is 10.2 Å². The molecule has 3 amide bonds. The molecule has 1 unspecified atom stereocenters. The minimum atomic E-state index is -0.823. The quantitative estimate of drug-likeness (QED) is 0.716. The Bertz CT molecular complexity index is 962. The van der Waals surface area contributed by atoms with E-state index in [9.17, 15) is 14.4 Å². The van der Waals surface area contributed by atoms with Crippen molar-refractivity contribution in [2.45, 2.75) is 31.8 Å². The Labute approximate surface area is 175 Å². The molecule has 0 bridgehead atoms. The number of hydrogen-bond acceptors (Lipinski definition) is 4. The Morgan fingerprint density at radius 2 is 1.83 bits per heavy atom. The van der Waals surface area contributed by atoms with Gasteiger partial charge in [-0.3, -0.25) is 19.3 Å². The Balaban J connectivity index is 1.37. The van der Waals surface area contributed by atoms with E-state index in [1.54, 1.807) is 23.1 Å². The molecule has 0 aromatic heterocycles. The van der Waals surface area contributed by atoms with Crippen molar-refractivity contribution in [3.8, 4) is 5.75 Å². The molecule has 2 aliphatic rings. The Kier molecular flexibility index (Phi) is 5.44. The zero-order valence-corrected chi connectivity index (χ0v) is 17.0. The van der Waals surface area contributed by atoms with E-state index in [0.717, 1.165) is 5.75 Å². The summed E-state index contributed by atoms with van der Waals surface area (Å²) in [6.45, 7) is 2.70. The molecule has 7 heteroatoms. The van der Waals surface area contributed by atoms with Gasteiger partial charge in [-0.15, -0.1) is 0 Å². The lowest BCUT2D eigenvalue weighted by Crippen LogP contribution is -2.63. The number of amides is 3. The molecule has 2 aromatic rings. The van der Waals surface area contributed by atoms with Crippen LogP contribution in [0.4, 0.5) is 5.69 Å². The summed E-state index contributed by atoms with van der Waals surface area (Å²) in [6, 6.07) is 16.6. The van der Waals surface area contributed by atoms with Gasteiger partial charge in [0.25, 0.3) is 5.91 Å². The summed E-state index contributed by atoms with van der Waals surface area (Å²) in [5.41, 5.74) is 0.257. The lowest BCUT2D eigenvalue weighted by atomic mass is 9.98. The van der Waals surface area contributed by atoms with E-state index in [1.165, 1.54) is 4.90 Å². The molecule has 7 nitrogen and oxygen atoms in total. The molecular weight excluding hydrogens is 382 g/mol. The van der Waals surface area contributed by atoms with Crippen LogP contribution in [0.15, 0.2) is 54.6 Å². The smallest absolute Gasteiger partial charge is 0.258 e. The minimum absolute atomic E-state index is 0.0269. The van der Waals surface area contributed by atoms with Gasteiger partial charge in [-0.1, -0.05) is 30.3 Å². The van der Waals surface area contributed by atoms with Gasteiger partial charge in [0.15, 0.2) is 0 Å². The summed E-state index contributed by atoms with van der Waals surface area (Å²) in [7, 11) is 0. The second-order valence-electron chi connectivity index (χ2n) is 7.72. The molecule has 2 aromatic carbocycles. The molecule has 1 atom stereocenters. The highest BCUT2D eigenvalue weighted by atomic mass is 16.5. The predicted molar refractivity (Wildman–Crippen MR) is 112 cm³/mol. The van der Waals surface area contributed by atoms with Gasteiger partial charge in [0.1, 0.15) is 18.0 Å². The van der Waals surface area contributed by atoms with Crippen molar-refractivity contribution >= 4 is 23.4 Å². The lowest BCUT2D eigenvalue weighted by Gasteiger charge is -2.48. The number of carbonyl (C=O) groups excluding carboxylic acids is 3. The average Bonchev–Trinajstić information content (AvgIpc) is 3.07. The molecule has 4 rings (SSSR count). The van der Waals surface area contributed by atoms with E-state index in [-0.39, 0.29) is 24.3 Å². The van der Waals surface area contributed by atoms with Crippen LogP contribution in [0, 0.1) is 0 Å². The number of rotatable bonds is 7. The summed E-state index contributed by atoms with van der Waals surface area (Å²) in [5.74, 6) is 0.297. The van der Waals surface area contributed by atoms with Gasteiger partial charge >= 0.3 is 0 Å². The third-order valence-electron chi connectivity index (χ3n) is 5.70. The number of fused-ring (bicyclic) bond motifs is 3. The first-order valence-corrected chi connectivity index (χ1v) is 10.2. The van der Waals surface area contributed by atoms with Crippen LogP contribution in [0.2, 0.25) is 0 Å². The molecule has 0 radical (unpaired) electrons. The van der Waals surface area contributed by atoms with Crippen LogP contribution in [0.1, 0.15) is 36.5 Å². The van der Waals surface area contributed by atoms with Gasteiger partial charge in [-0.05, 0) is 44.0 Å². The van der Waals surface area contributed by atoms with Crippen LogP contribution in [0.3, 0.4) is 0 Å². The molecule has 2 heterocycles. The zero-order valence-electron chi connectivity index (χ0n) is 17.0. The van der Waals surface area contributed by atoms with Crippen LogP contribution in [0.5, 0.6) is 5.75 Å². The number of hydrogen-bond donors (Lipinski definition) is 1. The van der Waals surface area contributed by atoms with E-state index in [1.807, 2.05) is 43.3 Å². The second-order valence-corrected chi connectivity index (χ2v) is 7.72. The average molecular weight is 407 g/mol. The fourth-order valence-corrected chi connectivity index (χ4v) is 4.15. The first-order chi connectivity index (χ1) is 14.5. The van der Waals surface area contributed by atoms with Gasteiger partial charge in [0, 0.05) is 13.0 Å². The molecule has 1 N–H and O–H groups in total. The fraction of sp³-hybridized carbons (Fsp3) is 0.348. The summed E-state index contributed by atoms with van der Waals surface area (Å²) < 4.78 is 5.62. The highest BCUT2D eigenvalue weighted by Crippen LogP contribution is 2.43. The Morgan fingerprint density at radius 1 is 1.10 bits per heavy atom. The number of nitrogens with one attached hydrogen (secondary N) is 1. The molecule has 0 saturated carbocycles. The maximum Gasteiger partial charge on any atom is 0.258 e. The minimum Gasteiger partial charge on any atom is -0.494 e. The second kappa shape index (κ2) is 8.18. The molecule has 30 heavy (non-hydrogen) atoms. The fourth-order valence-electron chi connectivity index (χ4n) is 4.15. The summed E-state index contributed by atoms with van der Waals surface area (Å²) in [4.78, 5) is 41.4. The number of nitrogens with zero attached hydrogens (tertiary/aromatic N) is 2. The number of benzene rings is 2. The number of ether oxygens (including phenoxy) is 1. The highest BCUT2D eigenvalue weighted by Gasteiger charge is 2.53. The van der Waals surface area contributed by atoms with Gasteiger partial charge in [0.05, 0.1) is 17.9 Å². The van der Waals surface area contributed by atoms with Crippen molar-refractivity contribution in [3.05, 3.63) is 60.2 Å². The first kappa shape index (κ1) is 19.9. The topological polar surface area (TPSA) is 79.0 Å². The summed E-state index contributed by atoms with van der Waals surface area (Å²) >= 11 is 0. The number of anilines is 1. The van der Waals surface area contributed by atoms with E-state index in [2.05, 4.69) is 5.32 Å². The highest BCUT2D eigenvalue weighted by molar-refractivity contribution is 6.11. The van der Waals surface area contributed by atoms with E-state index < -0.39 is 5.66 Å². The van der Waals surface area contributed by atoms with E-state index in [0.29, 0.717) is 43.7 Å². The van der Waals surface area contributed by atoms with Gasteiger partial charge < -0.3 is 15.0 Å². The normalized spacial score (nSPS) is 20.0. The van der Waals surface area contributed by atoms with Crippen LogP contribution in [-0.4, -0.2) is 48.0 Å². The Morgan fingerprint density at radius 3 is 2.63 bits per heavy atom. The summed E-state index contributed by atoms with van der Waals surface area (Å²) in [5, 5.41) is 2.85. The van der Waals surface area contributed by atoms with E-state index in [4.69, 9.17) is 4.74 Å². The van der Waals surface area contributed by atoms with Crippen LogP contribution < -0.4 is 15.0 Å². The molecule has 0 spiro atoms. The summed E-state index contributed by atoms with van der Waals surface area (Å²) in [6.07, 6.45) is 1.51. The third kappa shape index (κ3) is 3.63. The zero-order chi connectivity index (χ0) is 21.1. The van der Waals surface area contributed by atoms with Crippen molar-refractivity contribution < 1.29 is 19.1 Å². The number of carbonyl (C=O) groups is 3. The predicted octanol–water partition coefficient (Wildman–Crippen LogP) is 2.57. The van der Waals surface area contributed by atoms with Crippen molar-refractivity contribution in [2.75, 3.05) is 24.6 Å². The van der Waals surface area contributed by atoms with Gasteiger partial charge in [-0.2, -0.15) is 0 Å².